The number of para-hydroxylation sites is 1. The number of amides is 1. The molecular formula is C21H20N4O3S2. The zero-order chi connectivity index (χ0) is 20.8. The Morgan fingerprint density at radius 1 is 1.20 bits per heavy atom. The van der Waals surface area contributed by atoms with Crippen LogP contribution in [0.5, 0.6) is 5.75 Å². The first-order valence-electron chi connectivity index (χ1n) is 9.84. The highest BCUT2D eigenvalue weighted by atomic mass is 32.1. The van der Waals surface area contributed by atoms with E-state index in [0.717, 1.165) is 41.7 Å². The number of thiazole rings is 1. The van der Waals surface area contributed by atoms with Gasteiger partial charge in [-0.2, -0.15) is 0 Å². The Morgan fingerprint density at radius 3 is 2.90 bits per heavy atom. The molecule has 1 aliphatic heterocycles. The van der Waals surface area contributed by atoms with Gasteiger partial charge in [0, 0.05) is 13.0 Å². The molecule has 4 heterocycles. The summed E-state index contributed by atoms with van der Waals surface area (Å²) in [7, 11) is 1.60. The molecule has 0 fully saturated rings. The molecule has 5 rings (SSSR count). The number of hydrogen-bond acceptors (Lipinski definition) is 7. The smallest absolute Gasteiger partial charge is 0.267 e. The Hall–Kier alpha value is -2.78. The molecule has 0 atom stereocenters. The third-order valence-corrected chi connectivity index (χ3v) is 7.56. The zero-order valence-electron chi connectivity index (χ0n) is 16.7. The fourth-order valence-electron chi connectivity index (χ4n) is 3.92. The molecule has 9 heteroatoms. The van der Waals surface area contributed by atoms with Crippen molar-refractivity contribution in [1.29, 1.82) is 0 Å². The molecule has 7 nitrogen and oxygen atoms in total. The predicted octanol–water partition coefficient (Wildman–Crippen LogP) is 4.36. The molecule has 0 saturated carbocycles. The first-order chi connectivity index (χ1) is 14.6. The van der Waals surface area contributed by atoms with Gasteiger partial charge < -0.3 is 4.74 Å². The Labute approximate surface area is 180 Å². The van der Waals surface area contributed by atoms with Crippen LogP contribution in [0, 0.1) is 6.92 Å². The largest absolute Gasteiger partial charge is 0.494 e. The minimum atomic E-state index is -0.270. The quantitative estimate of drug-likeness (QED) is 0.511. The van der Waals surface area contributed by atoms with Gasteiger partial charge in [0.1, 0.15) is 21.9 Å². The van der Waals surface area contributed by atoms with E-state index in [4.69, 9.17) is 9.72 Å². The molecule has 154 valence electrons. The maximum absolute atomic E-state index is 13.1. The fourth-order valence-corrected chi connectivity index (χ4v) is 5.89. The Morgan fingerprint density at radius 2 is 2.07 bits per heavy atom. The van der Waals surface area contributed by atoms with E-state index in [-0.39, 0.29) is 11.5 Å². The average molecular weight is 441 g/mol. The number of aromatic nitrogens is 3. The number of benzene rings is 1. The molecule has 3 aromatic heterocycles. The highest BCUT2D eigenvalue weighted by Crippen LogP contribution is 2.33. The van der Waals surface area contributed by atoms with Crippen molar-refractivity contribution in [2.24, 2.45) is 0 Å². The summed E-state index contributed by atoms with van der Waals surface area (Å²) < 4.78 is 8.07. The van der Waals surface area contributed by atoms with Crippen molar-refractivity contribution >= 4 is 54.1 Å². The number of carbonyl (C=O) groups excluding carboxylic acids is 1. The van der Waals surface area contributed by atoms with E-state index in [1.165, 1.54) is 22.7 Å². The topological polar surface area (TPSA) is 86.1 Å². The zero-order valence-corrected chi connectivity index (χ0v) is 18.3. The van der Waals surface area contributed by atoms with Gasteiger partial charge in [-0.3, -0.25) is 19.5 Å². The summed E-state index contributed by atoms with van der Waals surface area (Å²) in [5.41, 5.74) is 1.37. The normalized spacial score (nSPS) is 13.9. The lowest BCUT2D eigenvalue weighted by atomic mass is 10.2. The number of carbonyl (C=O) groups is 1. The van der Waals surface area contributed by atoms with Crippen molar-refractivity contribution in [2.45, 2.75) is 39.2 Å². The van der Waals surface area contributed by atoms with Crippen LogP contribution in [0.15, 0.2) is 23.0 Å². The van der Waals surface area contributed by atoms with Crippen LogP contribution in [0.2, 0.25) is 0 Å². The van der Waals surface area contributed by atoms with Gasteiger partial charge in [0.2, 0.25) is 0 Å². The van der Waals surface area contributed by atoms with Gasteiger partial charge in [-0.25, -0.2) is 9.97 Å². The molecule has 4 aromatic rings. The summed E-state index contributed by atoms with van der Waals surface area (Å²) in [6.07, 6.45) is 3.93. The molecule has 0 aliphatic carbocycles. The summed E-state index contributed by atoms with van der Waals surface area (Å²) >= 11 is 2.66. The van der Waals surface area contributed by atoms with E-state index in [9.17, 15) is 9.59 Å². The third-order valence-electron chi connectivity index (χ3n) is 5.44. The van der Waals surface area contributed by atoms with Gasteiger partial charge in [0.05, 0.1) is 22.1 Å². The van der Waals surface area contributed by atoms with Crippen molar-refractivity contribution in [3.8, 4) is 5.75 Å². The Bertz CT molecular complexity index is 1350. The summed E-state index contributed by atoms with van der Waals surface area (Å²) in [6.45, 7) is 2.52. The molecule has 0 radical (unpaired) electrons. The second-order valence-corrected chi connectivity index (χ2v) is 9.34. The van der Waals surface area contributed by atoms with Crippen LogP contribution in [0.4, 0.5) is 5.13 Å². The van der Waals surface area contributed by atoms with Gasteiger partial charge in [-0.1, -0.05) is 23.8 Å². The van der Waals surface area contributed by atoms with Gasteiger partial charge in [-0.15, -0.1) is 11.3 Å². The van der Waals surface area contributed by atoms with Crippen molar-refractivity contribution < 1.29 is 9.53 Å². The van der Waals surface area contributed by atoms with Gasteiger partial charge in [-0.05, 0) is 37.5 Å². The number of fused-ring (bicyclic) bond motifs is 3. The number of aryl methyl sites for hydroxylation is 2. The number of thiophene rings is 1. The lowest BCUT2D eigenvalue weighted by molar-refractivity contribution is 0.103. The number of rotatable bonds is 3. The van der Waals surface area contributed by atoms with Crippen molar-refractivity contribution in [3.05, 3.63) is 44.8 Å². The first kappa shape index (κ1) is 19.2. The second kappa shape index (κ2) is 7.48. The fraction of sp³-hybridized carbons (Fsp3) is 0.333. The lowest BCUT2D eigenvalue weighted by Crippen LogP contribution is -2.24. The van der Waals surface area contributed by atoms with Crippen LogP contribution in [-0.2, 0) is 13.0 Å². The summed E-state index contributed by atoms with van der Waals surface area (Å²) in [4.78, 5) is 36.5. The van der Waals surface area contributed by atoms with Crippen molar-refractivity contribution in [1.82, 2.24) is 14.5 Å². The minimum absolute atomic E-state index is 0.0329. The predicted molar refractivity (Wildman–Crippen MR) is 120 cm³/mol. The van der Waals surface area contributed by atoms with Crippen LogP contribution in [0.1, 0.15) is 40.3 Å². The summed E-state index contributed by atoms with van der Waals surface area (Å²) in [5.74, 6) is 1.23. The van der Waals surface area contributed by atoms with Crippen molar-refractivity contribution in [2.75, 3.05) is 12.4 Å². The molecule has 0 unspecified atom stereocenters. The van der Waals surface area contributed by atoms with E-state index in [2.05, 4.69) is 10.3 Å². The average Bonchev–Trinajstić information content (AvgIpc) is 3.19. The van der Waals surface area contributed by atoms with E-state index < -0.39 is 0 Å². The molecule has 1 aliphatic rings. The van der Waals surface area contributed by atoms with E-state index in [1.807, 2.05) is 25.1 Å². The van der Waals surface area contributed by atoms with Crippen LogP contribution >= 0.6 is 22.7 Å². The number of ether oxygens (including phenoxy) is 1. The number of nitrogens with one attached hydrogen (secondary N) is 1. The highest BCUT2D eigenvalue weighted by molar-refractivity contribution is 7.23. The van der Waals surface area contributed by atoms with Crippen LogP contribution in [0.3, 0.4) is 0 Å². The standard InChI is InChI=1S/C21H20N4O3S2/c1-11-15-19(22-14-9-4-3-5-10-25(14)20(15)27)30-17(11)18(26)24-21-23-16-12(28-2)7-6-8-13(16)29-21/h6-8H,3-5,9-10H2,1-2H3,(H,23,24,26). The third kappa shape index (κ3) is 3.09. The summed E-state index contributed by atoms with van der Waals surface area (Å²) in [5, 5.41) is 3.94. The van der Waals surface area contributed by atoms with Gasteiger partial charge >= 0.3 is 0 Å². The maximum Gasteiger partial charge on any atom is 0.267 e. The first-order valence-corrected chi connectivity index (χ1v) is 11.5. The van der Waals surface area contributed by atoms with E-state index >= 15 is 0 Å². The molecule has 1 aromatic carbocycles. The molecule has 0 bridgehead atoms. The maximum atomic E-state index is 13.1. The molecule has 30 heavy (non-hydrogen) atoms. The van der Waals surface area contributed by atoms with Crippen molar-refractivity contribution in [3.63, 3.8) is 0 Å². The molecular weight excluding hydrogens is 420 g/mol. The number of methoxy groups -OCH3 is 1. The molecule has 1 amide bonds. The number of anilines is 1. The van der Waals surface area contributed by atoms with Crippen LogP contribution in [0.25, 0.3) is 20.4 Å². The summed E-state index contributed by atoms with van der Waals surface area (Å²) in [6, 6.07) is 5.67. The van der Waals surface area contributed by atoms with Crippen LogP contribution < -0.4 is 15.6 Å². The molecule has 0 spiro atoms. The van der Waals surface area contributed by atoms with Gasteiger partial charge in [0.15, 0.2) is 5.13 Å². The highest BCUT2D eigenvalue weighted by Gasteiger charge is 2.23. The lowest BCUT2D eigenvalue weighted by Gasteiger charge is -2.08. The van der Waals surface area contributed by atoms with Gasteiger partial charge in [0.25, 0.3) is 11.5 Å². The minimum Gasteiger partial charge on any atom is -0.494 e. The Balaban J connectivity index is 1.53. The molecule has 0 saturated heterocycles. The number of nitrogens with zero attached hydrogens (tertiary/aromatic N) is 3. The van der Waals surface area contributed by atoms with Crippen LogP contribution in [-0.4, -0.2) is 27.6 Å². The number of hydrogen-bond donors (Lipinski definition) is 1. The molecule has 1 N–H and O–H groups in total. The van der Waals surface area contributed by atoms with E-state index in [1.54, 1.807) is 11.7 Å². The monoisotopic (exact) mass is 440 g/mol. The van der Waals surface area contributed by atoms with E-state index in [0.29, 0.717) is 38.1 Å². The second-order valence-electron chi connectivity index (χ2n) is 7.31. The Kier molecular flexibility index (Phi) is 4.79. The SMILES string of the molecule is COc1cccc2sc(NC(=O)c3sc4nc5n(c(=O)c4c3C)CCCCC5)nc12.